The molecule has 0 aromatic carbocycles. The molecule has 1 amide bonds. The maximum atomic E-state index is 11.3. The van der Waals surface area contributed by atoms with Crippen molar-refractivity contribution in [2.45, 2.75) is 39.7 Å². The molecular weight excluding hydrogens is 387 g/mol. The first-order valence-electron chi connectivity index (χ1n) is 6.93. The number of nitrogens with zero attached hydrogens (tertiary/aromatic N) is 1. The predicted molar refractivity (Wildman–Crippen MR) is 95.3 cm³/mol. The van der Waals surface area contributed by atoms with Crippen LogP contribution in [0.3, 0.4) is 0 Å². The number of nitrogens with one attached hydrogen (secondary N) is 2. The van der Waals surface area contributed by atoms with E-state index >= 15 is 0 Å². The van der Waals surface area contributed by atoms with Crippen LogP contribution in [0.25, 0.3) is 0 Å². The van der Waals surface area contributed by atoms with Crippen molar-refractivity contribution in [1.82, 2.24) is 10.6 Å². The summed E-state index contributed by atoms with van der Waals surface area (Å²) in [6.07, 6.45) is 0.401. The number of aliphatic imine (C=N–C) groups is 1. The summed E-state index contributed by atoms with van der Waals surface area (Å²) in [6, 6.07) is 0. The lowest BCUT2D eigenvalue weighted by atomic mass is 10.2. The molecule has 0 spiro atoms. The van der Waals surface area contributed by atoms with Gasteiger partial charge in [0.05, 0.1) is 0 Å². The van der Waals surface area contributed by atoms with E-state index in [2.05, 4.69) is 15.6 Å². The van der Waals surface area contributed by atoms with E-state index in [-0.39, 0.29) is 24.0 Å². The van der Waals surface area contributed by atoms with Crippen molar-refractivity contribution in [1.29, 1.82) is 0 Å². The number of nitrogens with two attached hydrogens (primary N) is 1. The Kier molecular flexibility index (Phi) is 13.9. The molecule has 21 heavy (non-hydrogen) atoms. The maximum Gasteiger partial charge on any atom is 0.407 e. The van der Waals surface area contributed by atoms with E-state index in [9.17, 15) is 4.79 Å². The molecule has 0 aromatic heterocycles. The van der Waals surface area contributed by atoms with Crippen LogP contribution in [0.1, 0.15) is 34.1 Å². The number of halogens is 1. The van der Waals surface area contributed by atoms with Crippen molar-refractivity contribution in [3.05, 3.63) is 0 Å². The summed E-state index contributed by atoms with van der Waals surface area (Å²) in [5.74, 6) is 0.368. The average molecular weight is 416 g/mol. The molecule has 4 N–H and O–H groups in total. The van der Waals surface area contributed by atoms with Gasteiger partial charge in [-0.3, -0.25) is 4.99 Å². The first-order valence-corrected chi connectivity index (χ1v) is 6.93. The van der Waals surface area contributed by atoms with E-state index in [0.29, 0.717) is 38.8 Å². The molecule has 0 aliphatic carbocycles. The predicted octanol–water partition coefficient (Wildman–Crippen LogP) is 1.46. The van der Waals surface area contributed by atoms with Crippen LogP contribution in [-0.4, -0.2) is 50.5 Å². The molecule has 0 bridgehead atoms. The number of rotatable bonds is 8. The minimum atomic E-state index is -0.488. The van der Waals surface area contributed by atoms with Gasteiger partial charge in [0, 0.05) is 32.8 Å². The van der Waals surface area contributed by atoms with E-state index in [1.807, 2.05) is 27.7 Å². The molecule has 0 aliphatic rings. The highest BCUT2D eigenvalue weighted by molar-refractivity contribution is 14.0. The van der Waals surface area contributed by atoms with Gasteiger partial charge in [0.2, 0.25) is 0 Å². The fraction of sp³-hybridized carbons (Fsp3) is 0.846. The highest BCUT2D eigenvalue weighted by Gasteiger charge is 2.15. The van der Waals surface area contributed by atoms with Crippen molar-refractivity contribution in [2.75, 3.05) is 32.8 Å². The Hall–Kier alpha value is -0.770. The van der Waals surface area contributed by atoms with Gasteiger partial charge in [0.25, 0.3) is 0 Å². The summed E-state index contributed by atoms with van der Waals surface area (Å²) >= 11 is 0. The van der Waals surface area contributed by atoms with E-state index in [4.69, 9.17) is 15.2 Å². The number of hydrogen-bond donors (Lipinski definition) is 3. The summed E-state index contributed by atoms with van der Waals surface area (Å²) in [5, 5.41) is 5.53. The summed E-state index contributed by atoms with van der Waals surface area (Å²) in [4.78, 5) is 15.5. The van der Waals surface area contributed by atoms with E-state index in [1.54, 1.807) is 0 Å². The topological polar surface area (TPSA) is 98.0 Å². The lowest BCUT2D eigenvalue weighted by Gasteiger charge is -2.19. The standard InChI is InChI=1S/C13H28N4O3.HI/c1-5-19-10-6-7-15-11(14)16-8-9-17-12(18)20-13(2,3)4;/h5-10H2,1-4H3,(H,17,18)(H3,14,15,16);1H. The number of ether oxygens (including phenoxy) is 2. The quantitative estimate of drug-likeness (QED) is 0.241. The van der Waals surface area contributed by atoms with Gasteiger partial charge < -0.3 is 25.8 Å². The van der Waals surface area contributed by atoms with Crippen molar-refractivity contribution in [3.63, 3.8) is 0 Å². The number of guanidine groups is 1. The Morgan fingerprint density at radius 1 is 1.24 bits per heavy atom. The minimum absolute atomic E-state index is 0. The highest BCUT2D eigenvalue weighted by Crippen LogP contribution is 2.05. The molecule has 0 aliphatic heterocycles. The van der Waals surface area contributed by atoms with Gasteiger partial charge in [-0.05, 0) is 34.1 Å². The zero-order valence-electron chi connectivity index (χ0n) is 13.4. The van der Waals surface area contributed by atoms with Gasteiger partial charge >= 0.3 is 6.09 Å². The zero-order chi connectivity index (χ0) is 15.4. The fourth-order valence-corrected chi connectivity index (χ4v) is 1.24. The minimum Gasteiger partial charge on any atom is -0.444 e. The van der Waals surface area contributed by atoms with Gasteiger partial charge in [-0.25, -0.2) is 4.79 Å². The SMILES string of the molecule is CCOCCCN=C(N)NCCNC(=O)OC(C)(C)C.I. The molecule has 126 valence electrons. The number of carbonyl (C=O) groups excluding carboxylic acids is 1. The van der Waals surface area contributed by atoms with Crippen LogP contribution in [-0.2, 0) is 9.47 Å². The van der Waals surface area contributed by atoms with Crippen LogP contribution in [0.15, 0.2) is 4.99 Å². The zero-order valence-corrected chi connectivity index (χ0v) is 15.7. The normalized spacial score (nSPS) is 11.5. The third-order valence-corrected chi connectivity index (χ3v) is 2.03. The van der Waals surface area contributed by atoms with Gasteiger partial charge in [0.1, 0.15) is 5.60 Å². The van der Waals surface area contributed by atoms with Crippen molar-refractivity contribution in [2.24, 2.45) is 10.7 Å². The van der Waals surface area contributed by atoms with Gasteiger partial charge in [-0.15, -0.1) is 24.0 Å². The first kappa shape index (κ1) is 22.5. The number of hydrogen-bond acceptors (Lipinski definition) is 4. The van der Waals surface area contributed by atoms with Gasteiger partial charge in [-0.1, -0.05) is 0 Å². The summed E-state index contributed by atoms with van der Waals surface area (Å²) in [7, 11) is 0. The Morgan fingerprint density at radius 3 is 2.43 bits per heavy atom. The largest absolute Gasteiger partial charge is 0.444 e. The van der Waals surface area contributed by atoms with Crippen molar-refractivity contribution >= 4 is 36.0 Å². The first-order chi connectivity index (χ1) is 9.35. The molecule has 8 heteroatoms. The third-order valence-electron chi connectivity index (χ3n) is 2.03. The second-order valence-corrected chi connectivity index (χ2v) is 5.17. The number of alkyl carbamates (subject to hydrolysis) is 1. The number of carbonyl (C=O) groups is 1. The molecular formula is C13H29IN4O3. The molecule has 7 nitrogen and oxygen atoms in total. The molecule has 0 aromatic rings. The smallest absolute Gasteiger partial charge is 0.407 e. The van der Waals surface area contributed by atoms with Crippen LogP contribution >= 0.6 is 24.0 Å². The van der Waals surface area contributed by atoms with Crippen LogP contribution in [0.5, 0.6) is 0 Å². The second-order valence-electron chi connectivity index (χ2n) is 5.17. The molecule has 0 fully saturated rings. The van der Waals surface area contributed by atoms with E-state index in [0.717, 1.165) is 6.42 Å². The summed E-state index contributed by atoms with van der Waals surface area (Å²) in [5.41, 5.74) is 5.17. The average Bonchev–Trinajstić information content (AvgIpc) is 2.32. The molecule has 0 saturated heterocycles. The van der Waals surface area contributed by atoms with Crippen LogP contribution in [0, 0.1) is 0 Å². The van der Waals surface area contributed by atoms with Crippen LogP contribution in [0.2, 0.25) is 0 Å². The monoisotopic (exact) mass is 416 g/mol. The molecule has 0 saturated carbocycles. The Balaban J connectivity index is 0. The Bertz CT molecular complexity index is 306. The van der Waals surface area contributed by atoms with Crippen LogP contribution < -0.4 is 16.4 Å². The van der Waals surface area contributed by atoms with Crippen LogP contribution in [0.4, 0.5) is 4.79 Å². The molecule has 0 unspecified atom stereocenters. The molecule has 0 radical (unpaired) electrons. The second kappa shape index (κ2) is 12.9. The van der Waals surface area contributed by atoms with Crippen molar-refractivity contribution in [3.8, 4) is 0 Å². The lowest BCUT2D eigenvalue weighted by Crippen LogP contribution is -2.40. The maximum absolute atomic E-state index is 11.3. The number of amides is 1. The molecule has 0 atom stereocenters. The van der Waals surface area contributed by atoms with Crippen molar-refractivity contribution < 1.29 is 14.3 Å². The van der Waals surface area contributed by atoms with E-state index < -0.39 is 11.7 Å². The fourth-order valence-electron chi connectivity index (χ4n) is 1.24. The van der Waals surface area contributed by atoms with E-state index in [1.165, 1.54) is 0 Å². The highest BCUT2D eigenvalue weighted by atomic mass is 127. The molecule has 0 rings (SSSR count). The third kappa shape index (κ3) is 17.2. The summed E-state index contributed by atoms with van der Waals surface area (Å²) < 4.78 is 10.3. The lowest BCUT2D eigenvalue weighted by molar-refractivity contribution is 0.0529. The summed E-state index contributed by atoms with van der Waals surface area (Å²) in [6.45, 7) is 10.4. The Labute approximate surface area is 144 Å². The Morgan fingerprint density at radius 2 is 1.86 bits per heavy atom. The molecule has 0 heterocycles. The van der Waals surface area contributed by atoms with Gasteiger partial charge in [-0.2, -0.15) is 0 Å². The van der Waals surface area contributed by atoms with Gasteiger partial charge in [0.15, 0.2) is 5.96 Å².